The molecule has 0 aliphatic heterocycles. The lowest BCUT2D eigenvalue weighted by Crippen LogP contribution is -2.36. The molecule has 0 bridgehead atoms. The van der Waals surface area contributed by atoms with Gasteiger partial charge in [-0.05, 0) is 49.4 Å². The molecule has 0 saturated heterocycles. The van der Waals surface area contributed by atoms with Crippen LogP contribution in [0.3, 0.4) is 0 Å². The highest BCUT2D eigenvalue weighted by molar-refractivity contribution is 5.90. The Hall–Kier alpha value is -3.69. The van der Waals surface area contributed by atoms with Crippen molar-refractivity contribution < 1.29 is 23.0 Å². The predicted molar refractivity (Wildman–Crippen MR) is 135 cm³/mol. The normalized spacial score (nSPS) is 17.5. The molecule has 1 saturated carbocycles. The van der Waals surface area contributed by atoms with Crippen molar-refractivity contribution >= 4 is 28.6 Å². The van der Waals surface area contributed by atoms with Crippen molar-refractivity contribution in [2.75, 3.05) is 38.5 Å². The summed E-state index contributed by atoms with van der Waals surface area (Å²) < 4.78 is 38.2. The van der Waals surface area contributed by atoms with E-state index in [2.05, 4.69) is 20.6 Å². The zero-order valence-electron chi connectivity index (χ0n) is 20.9. The second-order valence-electron chi connectivity index (χ2n) is 9.18. The average molecular weight is 500 g/mol. The first-order valence-corrected chi connectivity index (χ1v) is 11.9. The van der Waals surface area contributed by atoms with E-state index in [4.69, 9.17) is 9.47 Å². The maximum Gasteiger partial charge on any atom is 0.225 e. The van der Waals surface area contributed by atoms with E-state index in [0.717, 1.165) is 43.4 Å². The molecular weight excluding hydrogens is 468 g/mol. The number of nitrogens with zero attached hydrogens (tertiary/aromatic N) is 3. The van der Waals surface area contributed by atoms with Gasteiger partial charge in [0, 0.05) is 50.1 Å². The molecule has 0 radical (unpaired) electrons. The van der Waals surface area contributed by atoms with Crippen LogP contribution >= 0.6 is 0 Å². The van der Waals surface area contributed by atoms with Gasteiger partial charge < -0.3 is 25.0 Å². The Morgan fingerprint density at radius 2 is 1.61 bits per heavy atom. The number of benzene rings is 2. The lowest BCUT2D eigenvalue weighted by Gasteiger charge is -2.28. The number of hydrogen-bond donors (Lipinski definition) is 2. The van der Waals surface area contributed by atoms with Gasteiger partial charge in [0.05, 0.1) is 19.7 Å². The second-order valence-corrected chi connectivity index (χ2v) is 9.18. The van der Waals surface area contributed by atoms with Crippen molar-refractivity contribution in [2.45, 2.75) is 38.3 Å². The summed E-state index contributed by atoms with van der Waals surface area (Å²) in [5.41, 5.74) is 1.23. The number of anilines is 2. The zero-order valence-corrected chi connectivity index (χ0v) is 20.9. The number of methoxy groups -OCH3 is 2. The standard InChI is InChI=1S/C26H31F2N5O3/c1-33(2)24-20-12-21(27)22(28)13-23(20)31-26(32-24)30-17-7-5-16(6-8-17)25(34)29-14-15-9-18(35-3)11-19(10-15)36-4/h9-13,16-17H,5-8,14H2,1-4H3,(H,29,34)(H,30,31,32). The molecule has 1 aliphatic carbocycles. The first-order valence-electron chi connectivity index (χ1n) is 11.9. The lowest BCUT2D eigenvalue weighted by molar-refractivity contribution is -0.126. The van der Waals surface area contributed by atoms with Crippen LogP contribution in [0, 0.1) is 17.6 Å². The number of carbonyl (C=O) groups excluding carboxylic acids is 1. The highest BCUT2D eigenvalue weighted by atomic mass is 19.2. The Kier molecular flexibility index (Phi) is 7.71. The summed E-state index contributed by atoms with van der Waals surface area (Å²) in [6.07, 6.45) is 2.97. The third-order valence-corrected chi connectivity index (χ3v) is 6.45. The number of aromatic nitrogens is 2. The highest BCUT2D eigenvalue weighted by Crippen LogP contribution is 2.30. The number of ether oxygens (including phenoxy) is 2. The maximum atomic E-state index is 13.8. The number of rotatable bonds is 8. The molecule has 36 heavy (non-hydrogen) atoms. The minimum atomic E-state index is -0.948. The molecule has 2 aromatic carbocycles. The van der Waals surface area contributed by atoms with Crippen LogP contribution < -0.4 is 25.0 Å². The number of carbonyl (C=O) groups is 1. The topological polar surface area (TPSA) is 88.6 Å². The first-order chi connectivity index (χ1) is 17.3. The first kappa shape index (κ1) is 25.4. The van der Waals surface area contributed by atoms with Crippen LogP contribution in [-0.4, -0.2) is 50.2 Å². The molecule has 0 spiro atoms. The number of fused-ring (bicyclic) bond motifs is 1. The van der Waals surface area contributed by atoms with Gasteiger partial charge in [-0.1, -0.05) is 0 Å². The van der Waals surface area contributed by atoms with Gasteiger partial charge in [-0.15, -0.1) is 0 Å². The quantitative estimate of drug-likeness (QED) is 0.478. The van der Waals surface area contributed by atoms with Crippen molar-refractivity contribution in [1.82, 2.24) is 15.3 Å². The van der Waals surface area contributed by atoms with Gasteiger partial charge in [-0.3, -0.25) is 4.79 Å². The van der Waals surface area contributed by atoms with Crippen LogP contribution in [0.2, 0.25) is 0 Å². The lowest BCUT2D eigenvalue weighted by atomic mass is 9.85. The Morgan fingerprint density at radius 3 is 2.22 bits per heavy atom. The SMILES string of the molecule is COc1cc(CNC(=O)C2CCC(Nc3nc(N(C)C)c4cc(F)c(F)cc4n3)CC2)cc(OC)c1. The van der Waals surface area contributed by atoms with Crippen molar-refractivity contribution in [1.29, 1.82) is 0 Å². The van der Waals surface area contributed by atoms with Gasteiger partial charge in [-0.2, -0.15) is 4.98 Å². The number of nitrogens with one attached hydrogen (secondary N) is 2. The molecule has 192 valence electrons. The fraction of sp³-hybridized carbons (Fsp3) is 0.423. The summed E-state index contributed by atoms with van der Waals surface area (Å²) in [4.78, 5) is 23.5. The molecule has 3 aromatic rings. The summed E-state index contributed by atoms with van der Waals surface area (Å²) in [7, 11) is 6.76. The number of hydrogen-bond acceptors (Lipinski definition) is 7. The van der Waals surface area contributed by atoms with Gasteiger partial charge in [0.25, 0.3) is 0 Å². The monoisotopic (exact) mass is 499 g/mol. The predicted octanol–water partition coefficient (Wildman–Crippen LogP) is 4.28. The maximum absolute atomic E-state index is 13.8. The molecule has 1 heterocycles. The van der Waals surface area contributed by atoms with E-state index in [1.54, 1.807) is 39.3 Å². The summed E-state index contributed by atoms with van der Waals surface area (Å²) >= 11 is 0. The third kappa shape index (κ3) is 5.75. The van der Waals surface area contributed by atoms with E-state index in [1.807, 2.05) is 12.1 Å². The van der Waals surface area contributed by atoms with Crippen molar-refractivity contribution in [2.24, 2.45) is 5.92 Å². The third-order valence-electron chi connectivity index (χ3n) is 6.45. The molecule has 1 aliphatic rings. The fourth-order valence-electron chi connectivity index (χ4n) is 4.50. The number of amides is 1. The summed E-state index contributed by atoms with van der Waals surface area (Å²) in [5.74, 6) is 0.262. The van der Waals surface area contributed by atoms with Crippen molar-refractivity contribution in [3.8, 4) is 11.5 Å². The zero-order chi connectivity index (χ0) is 25.8. The average Bonchev–Trinajstić information content (AvgIpc) is 2.87. The van der Waals surface area contributed by atoms with E-state index in [0.29, 0.717) is 40.7 Å². The summed E-state index contributed by atoms with van der Waals surface area (Å²) in [5, 5.41) is 6.78. The van der Waals surface area contributed by atoms with Gasteiger partial charge in [0.15, 0.2) is 11.6 Å². The Bertz CT molecular complexity index is 1220. The fourth-order valence-corrected chi connectivity index (χ4v) is 4.50. The highest BCUT2D eigenvalue weighted by Gasteiger charge is 2.27. The van der Waals surface area contributed by atoms with Crippen LogP contribution in [0.25, 0.3) is 10.9 Å². The molecule has 1 aromatic heterocycles. The van der Waals surface area contributed by atoms with Crippen LogP contribution in [-0.2, 0) is 11.3 Å². The van der Waals surface area contributed by atoms with E-state index in [1.165, 1.54) is 0 Å². The van der Waals surface area contributed by atoms with E-state index in [-0.39, 0.29) is 17.9 Å². The molecule has 1 amide bonds. The van der Waals surface area contributed by atoms with E-state index in [9.17, 15) is 13.6 Å². The molecule has 10 heteroatoms. The van der Waals surface area contributed by atoms with Crippen LogP contribution in [0.1, 0.15) is 31.2 Å². The second kappa shape index (κ2) is 10.9. The van der Waals surface area contributed by atoms with Gasteiger partial charge in [0.1, 0.15) is 17.3 Å². The van der Waals surface area contributed by atoms with E-state index >= 15 is 0 Å². The molecule has 0 atom stereocenters. The van der Waals surface area contributed by atoms with Crippen molar-refractivity contribution in [3.63, 3.8) is 0 Å². The van der Waals surface area contributed by atoms with Gasteiger partial charge in [-0.25, -0.2) is 13.8 Å². The van der Waals surface area contributed by atoms with Crippen LogP contribution in [0.4, 0.5) is 20.5 Å². The van der Waals surface area contributed by atoms with E-state index < -0.39 is 11.6 Å². The largest absolute Gasteiger partial charge is 0.497 e. The van der Waals surface area contributed by atoms with Crippen molar-refractivity contribution in [3.05, 3.63) is 47.5 Å². The Balaban J connectivity index is 1.36. The smallest absolute Gasteiger partial charge is 0.225 e. The molecule has 0 unspecified atom stereocenters. The minimum absolute atomic E-state index is 0.0181. The number of halogens is 2. The molecule has 1 fully saturated rings. The summed E-state index contributed by atoms with van der Waals surface area (Å²) in [6.45, 7) is 0.389. The van der Waals surface area contributed by atoms with Crippen LogP contribution in [0.5, 0.6) is 11.5 Å². The van der Waals surface area contributed by atoms with Gasteiger partial charge in [0.2, 0.25) is 11.9 Å². The Morgan fingerprint density at radius 1 is 0.972 bits per heavy atom. The van der Waals surface area contributed by atoms with Crippen LogP contribution in [0.15, 0.2) is 30.3 Å². The molecular formula is C26H31F2N5O3. The molecule has 4 rings (SSSR count). The molecule has 8 nitrogen and oxygen atoms in total. The summed E-state index contributed by atoms with van der Waals surface area (Å²) in [6, 6.07) is 7.81. The van der Waals surface area contributed by atoms with Gasteiger partial charge >= 0.3 is 0 Å². The Labute approximate surface area is 209 Å². The molecule has 2 N–H and O–H groups in total. The minimum Gasteiger partial charge on any atom is -0.497 e.